The molecule has 0 radical (unpaired) electrons. The van der Waals surface area contributed by atoms with E-state index in [9.17, 15) is 9.59 Å². The number of nitrogens with zero attached hydrogens (tertiary/aromatic N) is 3. The van der Waals surface area contributed by atoms with Gasteiger partial charge in [-0.15, -0.1) is 0 Å². The third-order valence-corrected chi connectivity index (χ3v) is 3.86. The normalized spacial score (nSPS) is 10.6. The molecule has 0 saturated heterocycles. The van der Waals surface area contributed by atoms with Crippen molar-refractivity contribution in [1.29, 1.82) is 0 Å². The molecule has 1 aromatic heterocycles. The van der Waals surface area contributed by atoms with Crippen molar-refractivity contribution < 1.29 is 14.3 Å². The highest BCUT2D eigenvalue weighted by Crippen LogP contribution is 2.27. The number of H-pyrrole nitrogens is 1. The Morgan fingerprint density at radius 2 is 2.00 bits per heavy atom. The summed E-state index contributed by atoms with van der Waals surface area (Å²) < 4.78 is 10.9. The van der Waals surface area contributed by atoms with Crippen molar-refractivity contribution in [3.8, 4) is 11.5 Å². The predicted molar refractivity (Wildman–Crippen MR) is 112 cm³/mol. The third kappa shape index (κ3) is 5.64. The van der Waals surface area contributed by atoms with E-state index in [2.05, 4.69) is 31.0 Å². The van der Waals surface area contributed by atoms with Crippen molar-refractivity contribution in [3.05, 3.63) is 70.3 Å². The fourth-order valence-electron chi connectivity index (χ4n) is 2.41. The van der Waals surface area contributed by atoms with Gasteiger partial charge in [-0.2, -0.15) is 15.2 Å². The van der Waals surface area contributed by atoms with Gasteiger partial charge in [0.25, 0.3) is 5.91 Å². The van der Waals surface area contributed by atoms with Crippen LogP contribution in [0.4, 0.5) is 11.5 Å². The lowest BCUT2D eigenvalue weighted by Crippen LogP contribution is -2.20. The first kappa shape index (κ1) is 20.5. The number of aryl methyl sites for hydroxylation is 1. The molecule has 0 bridgehead atoms. The Morgan fingerprint density at radius 1 is 1.20 bits per heavy atom. The second-order valence-corrected chi connectivity index (χ2v) is 6.06. The number of methoxy groups -OCH3 is 1. The van der Waals surface area contributed by atoms with E-state index in [0.29, 0.717) is 28.4 Å². The molecule has 0 spiro atoms. The lowest BCUT2D eigenvalue weighted by atomic mass is 10.2. The molecule has 1 heterocycles. The molecule has 0 aliphatic rings. The molecule has 0 aliphatic carbocycles. The smallest absolute Gasteiger partial charge is 0.363 e. The van der Waals surface area contributed by atoms with Gasteiger partial charge in [-0.25, -0.2) is 9.89 Å². The van der Waals surface area contributed by atoms with Crippen molar-refractivity contribution >= 4 is 23.6 Å². The fraction of sp³-hybridized carbons (Fsp3) is 0.150. The highest BCUT2D eigenvalue weighted by atomic mass is 16.5. The number of carbonyl (C=O) groups is 1. The summed E-state index contributed by atoms with van der Waals surface area (Å²) in [4.78, 5) is 27.0. The number of para-hydroxylation sites is 1. The molecular weight excluding hydrogens is 388 g/mol. The molecule has 0 atom stereocenters. The lowest BCUT2D eigenvalue weighted by Gasteiger charge is -2.11. The number of benzene rings is 2. The number of aromatic amines is 1. The standard InChI is InChI=1S/C20H20N6O4/c1-13-19(23-20(28)26-24-13)25-21-11-14-8-9-16(17(10-14)29-2)30-12-18(27)22-15-6-4-3-5-7-15/h3-11H,12H2,1-2H3,(H,22,27)(H2,23,25,26,28)/b21-11-. The SMILES string of the molecule is COc1cc(/C=N\Nc2nc(=O)[nH]nc2C)ccc1OCC(=O)Nc1ccccc1. The first-order chi connectivity index (χ1) is 14.5. The predicted octanol–water partition coefficient (Wildman–Crippen LogP) is 1.95. The van der Waals surface area contributed by atoms with Gasteiger partial charge in [0.15, 0.2) is 23.9 Å². The van der Waals surface area contributed by atoms with E-state index < -0.39 is 5.69 Å². The summed E-state index contributed by atoms with van der Waals surface area (Å²) in [6, 6.07) is 14.2. The van der Waals surface area contributed by atoms with Gasteiger partial charge in [0.1, 0.15) is 5.69 Å². The number of anilines is 2. The molecule has 154 valence electrons. The second-order valence-electron chi connectivity index (χ2n) is 6.06. The minimum atomic E-state index is -0.572. The zero-order valence-electron chi connectivity index (χ0n) is 16.4. The van der Waals surface area contributed by atoms with Gasteiger partial charge >= 0.3 is 5.69 Å². The molecule has 1 amide bonds. The van der Waals surface area contributed by atoms with E-state index in [1.165, 1.54) is 13.3 Å². The maximum absolute atomic E-state index is 12.0. The molecular formula is C20H20N6O4. The van der Waals surface area contributed by atoms with Crippen LogP contribution in [0.1, 0.15) is 11.3 Å². The molecule has 0 saturated carbocycles. The highest BCUT2D eigenvalue weighted by molar-refractivity contribution is 5.91. The number of ether oxygens (including phenoxy) is 2. The monoisotopic (exact) mass is 408 g/mol. The molecule has 3 rings (SSSR count). The number of hydrogen-bond acceptors (Lipinski definition) is 8. The van der Waals surface area contributed by atoms with Gasteiger partial charge < -0.3 is 14.8 Å². The first-order valence-corrected chi connectivity index (χ1v) is 8.93. The van der Waals surface area contributed by atoms with E-state index in [-0.39, 0.29) is 18.3 Å². The van der Waals surface area contributed by atoms with Crippen LogP contribution in [0.2, 0.25) is 0 Å². The average molecular weight is 408 g/mol. The minimum absolute atomic E-state index is 0.166. The van der Waals surface area contributed by atoms with Crippen molar-refractivity contribution in [1.82, 2.24) is 15.2 Å². The molecule has 30 heavy (non-hydrogen) atoms. The van der Waals surface area contributed by atoms with E-state index >= 15 is 0 Å². The van der Waals surface area contributed by atoms with Crippen LogP contribution in [0.25, 0.3) is 0 Å². The topological polar surface area (TPSA) is 131 Å². The van der Waals surface area contributed by atoms with E-state index in [0.717, 1.165) is 0 Å². The number of hydrogen-bond donors (Lipinski definition) is 3. The van der Waals surface area contributed by atoms with Crippen LogP contribution in [-0.2, 0) is 4.79 Å². The Hall–Kier alpha value is -4.21. The second kappa shape index (κ2) is 9.82. The number of aromatic nitrogens is 3. The number of carbonyl (C=O) groups excluding carboxylic acids is 1. The Bertz CT molecular complexity index is 1100. The highest BCUT2D eigenvalue weighted by Gasteiger charge is 2.09. The van der Waals surface area contributed by atoms with Crippen LogP contribution in [0.3, 0.4) is 0 Å². The number of hydrazone groups is 1. The van der Waals surface area contributed by atoms with Gasteiger partial charge in [0, 0.05) is 5.69 Å². The van der Waals surface area contributed by atoms with Gasteiger partial charge in [-0.1, -0.05) is 18.2 Å². The summed E-state index contributed by atoms with van der Waals surface area (Å²) in [5, 5.41) is 12.8. The van der Waals surface area contributed by atoms with Gasteiger partial charge in [-0.3, -0.25) is 10.2 Å². The zero-order chi connectivity index (χ0) is 21.3. The van der Waals surface area contributed by atoms with Crippen molar-refractivity contribution in [2.45, 2.75) is 6.92 Å². The van der Waals surface area contributed by atoms with Crippen molar-refractivity contribution in [2.75, 3.05) is 24.5 Å². The molecule has 10 heteroatoms. The summed E-state index contributed by atoms with van der Waals surface area (Å²) in [7, 11) is 1.50. The van der Waals surface area contributed by atoms with Crippen molar-refractivity contribution in [3.63, 3.8) is 0 Å². The quantitative estimate of drug-likeness (QED) is 0.383. The number of nitrogens with one attached hydrogen (secondary N) is 3. The van der Waals surface area contributed by atoms with Crippen LogP contribution in [0.15, 0.2) is 58.4 Å². The molecule has 10 nitrogen and oxygen atoms in total. The van der Waals surface area contributed by atoms with Crippen LogP contribution in [-0.4, -0.2) is 41.0 Å². The van der Waals surface area contributed by atoms with E-state index in [4.69, 9.17) is 9.47 Å². The minimum Gasteiger partial charge on any atom is -0.493 e. The third-order valence-electron chi connectivity index (χ3n) is 3.86. The maximum atomic E-state index is 12.0. The summed E-state index contributed by atoms with van der Waals surface area (Å²) in [5.74, 6) is 0.833. The Morgan fingerprint density at radius 3 is 2.77 bits per heavy atom. The molecule has 0 aliphatic heterocycles. The zero-order valence-corrected chi connectivity index (χ0v) is 16.4. The maximum Gasteiger partial charge on any atom is 0.363 e. The van der Waals surface area contributed by atoms with E-state index in [1.807, 2.05) is 18.2 Å². The number of amides is 1. The average Bonchev–Trinajstić information content (AvgIpc) is 2.75. The van der Waals surface area contributed by atoms with Crippen LogP contribution < -0.4 is 25.9 Å². The molecule has 3 N–H and O–H groups in total. The molecule has 0 fully saturated rings. The first-order valence-electron chi connectivity index (χ1n) is 8.93. The Balaban J connectivity index is 1.60. The molecule has 0 unspecified atom stereocenters. The summed E-state index contributed by atoms with van der Waals surface area (Å²) in [5.41, 5.74) is 4.00. The fourth-order valence-corrected chi connectivity index (χ4v) is 2.41. The van der Waals surface area contributed by atoms with Crippen molar-refractivity contribution in [2.24, 2.45) is 5.10 Å². The summed E-state index contributed by atoms with van der Waals surface area (Å²) in [6.07, 6.45) is 1.52. The summed E-state index contributed by atoms with van der Waals surface area (Å²) >= 11 is 0. The van der Waals surface area contributed by atoms with Gasteiger partial charge in [-0.05, 0) is 42.8 Å². The molecule has 3 aromatic rings. The summed E-state index contributed by atoms with van der Waals surface area (Å²) in [6.45, 7) is 1.52. The largest absolute Gasteiger partial charge is 0.493 e. The van der Waals surface area contributed by atoms with Crippen LogP contribution in [0, 0.1) is 6.92 Å². The Kier molecular flexibility index (Phi) is 6.72. The van der Waals surface area contributed by atoms with Crippen LogP contribution >= 0.6 is 0 Å². The van der Waals surface area contributed by atoms with Gasteiger partial charge in [0.05, 0.1) is 13.3 Å². The lowest BCUT2D eigenvalue weighted by molar-refractivity contribution is -0.118. The van der Waals surface area contributed by atoms with Gasteiger partial charge in [0.2, 0.25) is 0 Å². The molecule has 2 aromatic carbocycles. The van der Waals surface area contributed by atoms with E-state index in [1.54, 1.807) is 37.3 Å². The number of rotatable bonds is 8. The Labute approximate surface area is 172 Å². The van der Waals surface area contributed by atoms with Crippen LogP contribution in [0.5, 0.6) is 11.5 Å².